The van der Waals surface area contributed by atoms with Gasteiger partial charge in [0.15, 0.2) is 5.82 Å². The normalized spacial score (nSPS) is 11.7. The fourth-order valence-corrected chi connectivity index (χ4v) is 3.14. The first kappa shape index (κ1) is 22.0. The average Bonchev–Trinajstić information content (AvgIpc) is 3.20. The fourth-order valence-electron chi connectivity index (χ4n) is 2.87. The van der Waals surface area contributed by atoms with Crippen molar-refractivity contribution in [2.45, 2.75) is 19.9 Å². The van der Waals surface area contributed by atoms with Gasteiger partial charge in [0, 0.05) is 24.4 Å². The molecule has 9 nitrogen and oxygen atoms in total. The number of benzene rings is 2. The zero-order chi connectivity index (χ0) is 22.5. The molecule has 3 aromatic rings. The Morgan fingerprint density at radius 1 is 1.13 bits per heavy atom. The van der Waals surface area contributed by atoms with E-state index in [0.29, 0.717) is 5.82 Å². The number of non-ortho nitro benzene ring substituents is 1. The lowest BCUT2D eigenvalue weighted by Gasteiger charge is -2.21. The zero-order valence-electron chi connectivity index (χ0n) is 16.8. The van der Waals surface area contributed by atoms with Gasteiger partial charge in [-0.05, 0) is 24.1 Å². The molecule has 10 heteroatoms. The highest BCUT2D eigenvalue weighted by molar-refractivity contribution is 6.34. The third-order valence-corrected chi connectivity index (χ3v) is 4.82. The Hall–Kier alpha value is -3.72. The molecule has 0 saturated heterocycles. The van der Waals surface area contributed by atoms with Crippen LogP contribution in [-0.4, -0.2) is 32.6 Å². The van der Waals surface area contributed by atoms with Crippen molar-refractivity contribution in [3.05, 3.63) is 81.5 Å². The van der Waals surface area contributed by atoms with Crippen LogP contribution in [-0.2, 0) is 4.79 Å². The van der Waals surface area contributed by atoms with Gasteiger partial charge in [-0.25, -0.2) is 4.68 Å². The number of nitrogens with one attached hydrogen (secondary N) is 2. The van der Waals surface area contributed by atoms with Crippen molar-refractivity contribution in [2.75, 3.05) is 5.32 Å². The number of nitrogens with zero attached hydrogens (tertiary/aromatic N) is 3. The molecule has 160 valence electrons. The summed E-state index contributed by atoms with van der Waals surface area (Å²) >= 11 is 6.02. The van der Waals surface area contributed by atoms with Gasteiger partial charge in [-0.3, -0.25) is 19.7 Å². The maximum Gasteiger partial charge on any atom is 0.270 e. The van der Waals surface area contributed by atoms with Gasteiger partial charge in [0.1, 0.15) is 6.04 Å². The van der Waals surface area contributed by atoms with E-state index in [1.165, 1.54) is 12.1 Å². The van der Waals surface area contributed by atoms with Gasteiger partial charge in [-0.2, -0.15) is 5.10 Å². The molecule has 1 heterocycles. The first-order chi connectivity index (χ1) is 14.8. The summed E-state index contributed by atoms with van der Waals surface area (Å²) in [5.41, 5.74) is 0.650. The molecule has 2 N–H and O–H groups in total. The predicted molar refractivity (Wildman–Crippen MR) is 116 cm³/mol. The van der Waals surface area contributed by atoms with E-state index < -0.39 is 22.8 Å². The van der Waals surface area contributed by atoms with Crippen molar-refractivity contribution in [3.8, 4) is 5.69 Å². The monoisotopic (exact) mass is 441 g/mol. The highest BCUT2D eigenvalue weighted by Gasteiger charge is 2.26. The SMILES string of the molecule is CC(C)C(NC(=O)c1ccc([N+](=O)[O-])cc1Cl)C(=O)Nc1ccn(-c2ccccc2)n1. The van der Waals surface area contributed by atoms with Crippen LogP contribution in [0.15, 0.2) is 60.8 Å². The molecule has 1 aromatic heterocycles. The summed E-state index contributed by atoms with van der Waals surface area (Å²) in [5, 5.41) is 20.4. The second kappa shape index (κ2) is 9.40. The van der Waals surface area contributed by atoms with Crippen LogP contribution in [0.1, 0.15) is 24.2 Å². The number of aromatic nitrogens is 2. The third-order valence-electron chi connectivity index (χ3n) is 4.50. The first-order valence-corrected chi connectivity index (χ1v) is 9.81. The summed E-state index contributed by atoms with van der Waals surface area (Å²) in [6.07, 6.45) is 1.71. The number of carbonyl (C=O) groups is 2. The van der Waals surface area contributed by atoms with E-state index in [2.05, 4.69) is 15.7 Å². The molecule has 0 aliphatic rings. The van der Waals surface area contributed by atoms with Crippen LogP contribution in [0.3, 0.4) is 0 Å². The molecule has 0 bridgehead atoms. The van der Waals surface area contributed by atoms with E-state index in [0.717, 1.165) is 11.8 Å². The van der Waals surface area contributed by atoms with E-state index >= 15 is 0 Å². The van der Waals surface area contributed by atoms with Crippen molar-refractivity contribution >= 4 is 34.9 Å². The van der Waals surface area contributed by atoms with E-state index in [1.807, 2.05) is 30.3 Å². The second-order valence-corrected chi connectivity index (χ2v) is 7.49. The van der Waals surface area contributed by atoms with Crippen LogP contribution in [0.5, 0.6) is 0 Å². The number of nitro benzene ring substituents is 1. The van der Waals surface area contributed by atoms with Crippen LogP contribution in [0, 0.1) is 16.0 Å². The maximum atomic E-state index is 12.8. The zero-order valence-corrected chi connectivity index (χ0v) is 17.5. The van der Waals surface area contributed by atoms with Gasteiger partial charge in [0.05, 0.1) is 21.2 Å². The topological polar surface area (TPSA) is 119 Å². The number of hydrogen-bond acceptors (Lipinski definition) is 5. The van der Waals surface area contributed by atoms with E-state index in [4.69, 9.17) is 11.6 Å². The second-order valence-electron chi connectivity index (χ2n) is 7.09. The summed E-state index contributed by atoms with van der Waals surface area (Å²) in [4.78, 5) is 35.7. The third kappa shape index (κ3) is 5.26. The molecule has 31 heavy (non-hydrogen) atoms. The van der Waals surface area contributed by atoms with Crippen LogP contribution >= 0.6 is 11.6 Å². The molecule has 2 aromatic carbocycles. The molecule has 0 fully saturated rings. The number of halogens is 1. The highest BCUT2D eigenvalue weighted by atomic mass is 35.5. The number of rotatable bonds is 7. The summed E-state index contributed by atoms with van der Waals surface area (Å²) in [7, 11) is 0. The smallest absolute Gasteiger partial charge is 0.270 e. The Bertz CT molecular complexity index is 1110. The minimum atomic E-state index is -0.874. The van der Waals surface area contributed by atoms with Crippen LogP contribution in [0.25, 0.3) is 5.69 Å². The van der Waals surface area contributed by atoms with Gasteiger partial charge < -0.3 is 10.6 Å². The standard InChI is InChI=1S/C21H20ClN5O4/c1-13(2)19(24-20(28)16-9-8-15(27(30)31)12-17(16)22)21(29)23-18-10-11-26(25-18)14-6-4-3-5-7-14/h3-13,19H,1-2H3,(H,24,28)(H,23,25,29). The largest absolute Gasteiger partial charge is 0.340 e. The van der Waals surface area contributed by atoms with E-state index in [1.54, 1.807) is 30.8 Å². The van der Waals surface area contributed by atoms with Gasteiger partial charge in [-0.1, -0.05) is 43.6 Å². The fraction of sp³-hybridized carbons (Fsp3) is 0.190. The van der Waals surface area contributed by atoms with Gasteiger partial charge in [0.2, 0.25) is 5.91 Å². The highest BCUT2D eigenvalue weighted by Crippen LogP contribution is 2.23. The lowest BCUT2D eigenvalue weighted by Crippen LogP contribution is -2.47. The van der Waals surface area contributed by atoms with Crippen molar-refractivity contribution in [3.63, 3.8) is 0 Å². The molecule has 0 saturated carbocycles. The minimum absolute atomic E-state index is 0.0408. The van der Waals surface area contributed by atoms with Gasteiger partial charge >= 0.3 is 0 Å². The Kier molecular flexibility index (Phi) is 6.66. The van der Waals surface area contributed by atoms with Crippen LogP contribution in [0.4, 0.5) is 11.5 Å². The van der Waals surface area contributed by atoms with Crippen LogP contribution < -0.4 is 10.6 Å². The molecule has 2 amide bonds. The molecule has 3 rings (SSSR count). The Morgan fingerprint density at radius 3 is 2.45 bits per heavy atom. The Balaban J connectivity index is 1.72. The van der Waals surface area contributed by atoms with E-state index in [-0.39, 0.29) is 22.2 Å². The van der Waals surface area contributed by atoms with Crippen molar-refractivity contribution in [1.29, 1.82) is 0 Å². The number of anilines is 1. The quantitative estimate of drug-likeness (QED) is 0.426. The predicted octanol–water partition coefficient (Wildman–Crippen LogP) is 3.83. The minimum Gasteiger partial charge on any atom is -0.340 e. The Labute approximate surface area is 183 Å². The first-order valence-electron chi connectivity index (χ1n) is 9.43. The number of para-hydroxylation sites is 1. The summed E-state index contributed by atoms with van der Waals surface area (Å²) in [6, 6.07) is 13.7. The molecule has 0 aliphatic heterocycles. The van der Waals surface area contributed by atoms with Crippen molar-refractivity contribution < 1.29 is 14.5 Å². The number of nitro groups is 1. The molecule has 1 unspecified atom stereocenters. The summed E-state index contributed by atoms with van der Waals surface area (Å²) < 4.78 is 1.62. The van der Waals surface area contributed by atoms with Crippen LogP contribution in [0.2, 0.25) is 5.02 Å². The maximum absolute atomic E-state index is 12.8. The number of amides is 2. The molecule has 0 spiro atoms. The average molecular weight is 442 g/mol. The summed E-state index contributed by atoms with van der Waals surface area (Å²) in [6.45, 7) is 3.56. The summed E-state index contributed by atoms with van der Waals surface area (Å²) in [5.74, 6) is -0.956. The lowest BCUT2D eigenvalue weighted by atomic mass is 10.0. The van der Waals surface area contributed by atoms with Crippen molar-refractivity contribution in [1.82, 2.24) is 15.1 Å². The van der Waals surface area contributed by atoms with Crippen molar-refractivity contribution in [2.24, 2.45) is 5.92 Å². The van der Waals surface area contributed by atoms with Gasteiger partial charge in [-0.15, -0.1) is 0 Å². The molecular weight excluding hydrogens is 422 g/mol. The molecule has 0 radical (unpaired) electrons. The van der Waals surface area contributed by atoms with Gasteiger partial charge in [0.25, 0.3) is 11.6 Å². The number of hydrogen-bond donors (Lipinski definition) is 2. The molecule has 0 aliphatic carbocycles. The van der Waals surface area contributed by atoms with E-state index in [9.17, 15) is 19.7 Å². The number of carbonyl (C=O) groups excluding carboxylic acids is 2. The molecular formula is C21H20ClN5O4. The molecule has 1 atom stereocenters. The lowest BCUT2D eigenvalue weighted by molar-refractivity contribution is -0.384. The Morgan fingerprint density at radius 2 is 1.84 bits per heavy atom.